The molecule has 3 aliphatic rings. The SMILES string of the molecule is CC(C#N)C(C1=CS[C@@H]2[C@H](NC(=O)OC(C)(C)C)C(=O)N2[C@@H]1C(=O)OC(c1ccccc1)c1ccccc1)=C1CCNC1=O. The van der Waals surface area contributed by atoms with Gasteiger partial charge in [0.25, 0.3) is 0 Å². The van der Waals surface area contributed by atoms with Crippen LogP contribution in [-0.2, 0) is 23.9 Å². The lowest BCUT2D eigenvalue weighted by Crippen LogP contribution is -2.74. The number of nitrogens with zero attached hydrogens (tertiary/aromatic N) is 2. The first-order chi connectivity index (χ1) is 21.0. The van der Waals surface area contributed by atoms with Gasteiger partial charge >= 0.3 is 12.1 Å². The second kappa shape index (κ2) is 12.6. The Kier molecular flexibility index (Phi) is 8.83. The van der Waals surface area contributed by atoms with Gasteiger partial charge in [0.1, 0.15) is 17.0 Å². The molecule has 5 rings (SSSR count). The van der Waals surface area contributed by atoms with Crippen LogP contribution in [0.25, 0.3) is 0 Å². The molecule has 10 nitrogen and oxygen atoms in total. The standard InChI is InChI=1S/C33H34N4O6S/c1-19(17-34)24(22-15-16-35-28(22)38)23-18-44-30-25(36-32(41)43-33(2,3)4)29(39)37(30)26(23)31(40)42-27(20-11-7-5-8-12-20)21-13-9-6-10-14-21/h5-14,18-19,25-27,30H,15-16H2,1-4H3,(H,35,38)(H,36,41)/t19?,25-,26+,30-/m1/s1. The van der Waals surface area contributed by atoms with E-state index in [4.69, 9.17) is 9.47 Å². The molecule has 0 spiro atoms. The molecule has 2 N–H and O–H groups in total. The maximum atomic E-state index is 14.3. The summed E-state index contributed by atoms with van der Waals surface area (Å²) in [6.07, 6.45) is -1.16. The molecule has 0 aliphatic carbocycles. The van der Waals surface area contributed by atoms with Crippen LogP contribution in [0.1, 0.15) is 51.3 Å². The summed E-state index contributed by atoms with van der Waals surface area (Å²) in [5.41, 5.74) is 1.87. The average molecular weight is 615 g/mol. The Morgan fingerprint density at radius 3 is 2.20 bits per heavy atom. The highest BCUT2D eigenvalue weighted by molar-refractivity contribution is 8.03. The van der Waals surface area contributed by atoms with Gasteiger partial charge in [-0.15, -0.1) is 11.8 Å². The number of β-lactam (4-membered cyclic amide) rings is 1. The number of nitriles is 1. The van der Waals surface area contributed by atoms with Crippen LogP contribution >= 0.6 is 11.8 Å². The van der Waals surface area contributed by atoms with Gasteiger partial charge in [-0.2, -0.15) is 5.26 Å². The smallest absolute Gasteiger partial charge is 0.408 e. The van der Waals surface area contributed by atoms with Crippen LogP contribution in [0.2, 0.25) is 0 Å². The number of carbonyl (C=O) groups is 4. The molecule has 0 bridgehead atoms. The van der Waals surface area contributed by atoms with Crippen LogP contribution in [0.15, 0.2) is 82.8 Å². The molecule has 0 aromatic heterocycles. The number of amides is 3. The van der Waals surface area contributed by atoms with Crippen molar-refractivity contribution in [1.29, 1.82) is 5.26 Å². The summed E-state index contributed by atoms with van der Waals surface area (Å²) >= 11 is 1.23. The van der Waals surface area contributed by atoms with Crippen molar-refractivity contribution in [3.8, 4) is 6.07 Å². The predicted molar refractivity (Wildman–Crippen MR) is 164 cm³/mol. The van der Waals surface area contributed by atoms with E-state index in [0.29, 0.717) is 29.7 Å². The van der Waals surface area contributed by atoms with Crippen molar-refractivity contribution in [1.82, 2.24) is 15.5 Å². The fraction of sp³-hybridized carbons (Fsp3) is 0.364. The fourth-order valence-electron chi connectivity index (χ4n) is 5.57. The molecule has 2 fully saturated rings. The summed E-state index contributed by atoms with van der Waals surface area (Å²) < 4.78 is 11.6. The predicted octanol–water partition coefficient (Wildman–Crippen LogP) is 4.36. The van der Waals surface area contributed by atoms with Crippen LogP contribution in [0.4, 0.5) is 4.79 Å². The number of carbonyl (C=O) groups excluding carboxylic acids is 4. The number of benzene rings is 2. The number of hydrogen-bond acceptors (Lipinski definition) is 8. The highest BCUT2D eigenvalue weighted by Gasteiger charge is 2.57. The van der Waals surface area contributed by atoms with Gasteiger partial charge in [0, 0.05) is 12.1 Å². The van der Waals surface area contributed by atoms with E-state index in [9.17, 15) is 24.4 Å². The second-order valence-electron chi connectivity index (χ2n) is 11.8. The zero-order valence-electron chi connectivity index (χ0n) is 24.9. The zero-order valence-corrected chi connectivity index (χ0v) is 25.7. The summed E-state index contributed by atoms with van der Waals surface area (Å²) in [6, 6.07) is 18.5. The maximum absolute atomic E-state index is 14.3. The molecular weight excluding hydrogens is 580 g/mol. The van der Waals surface area contributed by atoms with E-state index in [2.05, 4.69) is 16.7 Å². The molecule has 0 saturated carbocycles. The summed E-state index contributed by atoms with van der Waals surface area (Å²) in [6.45, 7) is 7.23. The first-order valence-corrected chi connectivity index (χ1v) is 15.3. The summed E-state index contributed by atoms with van der Waals surface area (Å²) in [5.74, 6) is -2.28. The Bertz CT molecular complexity index is 1520. The van der Waals surface area contributed by atoms with Gasteiger partial charge in [-0.3, -0.25) is 9.59 Å². The van der Waals surface area contributed by atoms with Gasteiger partial charge in [-0.1, -0.05) is 60.7 Å². The van der Waals surface area contributed by atoms with E-state index in [1.807, 2.05) is 60.7 Å². The minimum Gasteiger partial charge on any atom is -0.451 e. The molecular formula is C33H34N4O6S. The van der Waals surface area contributed by atoms with Gasteiger partial charge in [0.05, 0.1) is 12.0 Å². The lowest BCUT2D eigenvalue weighted by Gasteiger charge is -2.52. The number of fused-ring (bicyclic) bond motifs is 1. The Morgan fingerprint density at radius 1 is 1.07 bits per heavy atom. The first kappa shape index (κ1) is 30.9. The van der Waals surface area contributed by atoms with Gasteiger partial charge in [0.2, 0.25) is 11.8 Å². The van der Waals surface area contributed by atoms with Crippen molar-refractivity contribution in [2.45, 2.75) is 63.3 Å². The normalized spacial score (nSPS) is 23.0. The third kappa shape index (κ3) is 6.21. The molecule has 11 heteroatoms. The molecule has 1 unspecified atom stereocenters. The lowest BCUT2D eigenvalue weighted by molar-refractivity contribution is -0.164. The Labute approximate surface area is 260 Å². The van der Waals surface area contributed by atoms with Crippen molar-refractivity contribution in [2.75, 3.05) is 6.54 Å². The number of hydrogen-bond donors (Lipinski definition) is 2. The molecule has 3 heterocycles. The lowest BCUT2D eigenvalue weighted by atomic mass is 9.84. The molecule has 0 radical (unpaired) electrons. The molecule has 44 heavy (non-hydrogen) atoms. The fourth-order valence-corrected chi connectivity index (χ4v) is 6.81. The highest BCUT2D eigenvalue weighted by Crippen LogP contribution is 2.45. The van der Waals surface area contributed by atoms with E-state index in [-0.39, 0.29) is 5.91 Å². The van der Waals surface area contributed by atoms with Crippen molar-refractivity contribution in [3.05, 3.63) is 93.9 Å². The molecule has 3 aliphatic heterocycles. The minimum atomic E-state index is -1.26. The minimum absolute atomic E-state index is 0.312. The molecule has 2 saturated heterocycles. The van der Waals surface area contributed by atoms with Gasteiger partial charge in [-0.05, 0) is 61.8 Å². The van der Waals surface area contributed by atoms with Crippen LogP contribution in [0.5, 0.6) is 0 Å². The molecule has 2 aromatic carbocycles. The monoisotopic (exact) mass is 614 g/mol. The van der Waals surface area contributed by atoms with Crippen molar-refractivity contribution in [3.63, 3.8) is 0 Å². The topological polar surface area (TPSA) is 138 Å². The third-order valence-corrected chi connectivity index (χ3v) is 8.69. The second-order valence-corrected chi connectivity index (χ2v) is 12.7. The molecule has 4 atom stereocenters. The Balaban J connectivity index is 1.55. The number of thioether (sulfide) groups is 1. The molecule has 3 amide bonds. The zero-order chi connectivity index (χ0) is 31.6. The van der Waals surface area contributed by atoms with E-state index in [1.165, 1.54) is 16.7 Å². The molecule has 228 valence electrons. The van der Waals surface area contributed by atoms with Crippen molar-refractivity contribution < 1.29 is 28.7 Å². The van der Waals surface area contributed by atoms with Crippen LogP contribution in [0.3, 0.4) is 0 Å². The summed E-state index contributed by atoms with van der Waals surface area (Å²) in [4.78, 5) is 54.8. The highest BCUT2D eigenvalue weighted by atomic mass is 32.2. The van der Waals surface area contributed by atoms with Gasteiger partial charge in [0.15, 0.2) is 12.1 Å². The van der Waals surface area contributed by atoms with E-state index >= 15 is 0 Å². The summed E-state index contributed by atoms with van der Waals surface area (Å²) in [5, 5.41) is 16.4. The van der Waals surface area contributed by atoms with Crippen LogP contribution < -0.4 is 10.6 Å². The third-order valence-electron chi connectivity index (χ3n) is 7.52. The average Bonchev–Trinajstić information content (AvgIpc) is 3.43. The number of rotatable bonds is 7. The molecule has 2 aromatic rings. The number of alkyl carbamates (subject to hydrolysis) is 1. The van der Waals surface area contributed by atoms with Gasteiger partial charge in [-0.25, -0.2) is 9.59 Å². The first-order valence-electron chi connectivity index (χ1n) is 14.4. The van der Waals surface area contributed by atoms with E-state index < -0.39 is 53.1 Å². The maximum Gasteiger partial charge on any atom is 0.408 e. The largest absolute Gasteiger partial charge is 0.451 e. The van der Waals surface area contributed by atoms with Crippen LogP contribution in [-0.4, -0.2) is 58.4 Å². The van der Waals surface area contributed by atoms with Gasteiger partial charge < -0.3 is 25.0 Å². The number of nitrogens with one attached hydrogen (secondary N) is 2. The number of ether oxygens (including phenoxy) is 2. The van der Waals surface area contributed by atoms with Crippen LogP contribution in [0, 0.1) is 17.2 Å². The van der Waals surface area contributed by atoms with E-state index in [1.54, 1.807) is 33.1 Å². The summed E-state index contributed by atoms with van der Waals surface area (Å²) in [7, 11) is 0. The number of esters is 1. The Morgan fingerprint density at radius 2 is 1.68 bits per heavy atom. The van der Waals surface area contributed by atoms with E-state index in [0.717, 1.165) is 11.1 Å². The quantitative estimate of drug-likeness (QED) is 0.267. The van der Waals surface area contributed by atoms with Crippen molar-refractivity contribution in [2.24, 2.45) is 5.92 Å². The van der Waals surface area contributed by atoms with Crippen molar-refractivity contribution >= 4 is 35.6 Å². The Hall–Kier alpha value is -4.56.